The second-order valence-electron chi connectivity index (χ2n) is 8.32. The highest BCUT2D eigenvalue weighted by Crippen LogP contribution is 2.12. The Morgan fingerprint density at radius 1 is 1.06 bits per heavy atom. The minimum Gasteiger partial charge on any atom is -0.461 e. The molecule has 0 bridgehead atoms. The maximum atomic E-state index is 12.8. The molecule has 0 radical (unpaired) electrons. The first-order chi connectivity index (χ1) is 14.4. The largest absolute Gasteiger partial charge is 0.461 e. The summed E-state index contributed by atoms with van der Waals surface area (Å²) in [6.07, 6.45) is -0.604. The molecular formula is C22H33N3O6. The molecule has 3 atom stereocenters. The van der Waals surface area contributed by atoms with Crippen molar-refractivity contribution in [3.63, 3.8) is 0 Å². The fraction of sp³-hybridized carbons (Fsp3) is 0.545. The summed E-state index contributed by atoms with van der Waals surface area (Å²) < 4.78 is 10.4. The molecule has 31 heavy (non-hydrogen) atoms. The van der Waals surface area contributed by atoms with Gasteiger partial charge in [-0.2, -0.15) is 0 Å². The van der Waals surface area contributed by atoms with Crippen LogP contribution in [0.15, 0.2) is 30.3 Å². The van der Waals surface area contributed by atoms with Crippen LogP contribution >= 0.6 is 0 Å². The molecule has 4 N–H and O–H groups in total. The second-order valence-corrected chi connectivity index (χ2v) is 8.32. The van der Waals surface area contributed by atoms with E-state index in [-0.39, 0.29) is 12.5 Å². The topological polar surface area (TPSA) is 137 Å². The van der Waals surface area contributed by atoms with Crippen LogP contribution in [0.4, 0.5) is 4.79 Å². The number of rotatable bonds is 10. The third-order valence-corrected chi connectivity index (χ3v) is 4.44. The number of esters is 1. The molecule has 1 aromatic rings. The Balaban J connectivity index is 2.75. The van der Waals surface area contributed by atoms with Crippen molar-refractivity contribution in [3.05, 3.63) is 35.9 Å². The molecule has 0 saturated heterocycles. The van der Waals surface area contributed by atoms with Crippen LogP contribution in [0.5, 0.6) is 0 Å². The van der Waals surface area contributed by atoms with Gasteiger partial charge in [-0.25, -0.2) is 4.79 Å². The van der Waals surface area contributed by atoms with Crippen molar-refractivity contribution in [2.45, 2.75) is 71.8 Å². The van der Waals surface area contributed by atoms with Crippen LogP contribution in [0.25, 0.3) is 0 Å². The molecule has 3 amide bonds. The van der Waals surface area contributed by atoms with Crippen LogP contribution in [-0.4, -0.2) is 41.6 Å². The molecule has 172 valence electrons. The number of hydrogen-bond donors (Lipinski definition) is 3. The Kier molecular flexibility index (Phi) is 9.98. The van der Waals surface area contributed by atoms with Crippen LogP contribution in [-0.2, 0) is 30.5 Å². The summed E-state index contributed by atoms with van der Waals surface area (Å²) in [5, 5.41) is 4.97. The first-order valence-electron chi connectivity index (χ1n) is 10.2. The van der Waals surface area contributed by atoms with Crippen molar-refractivity contribution in [3.8, 4) is 0 Å². The number of carbonyl (C=O) groups is 4. The standard InChI is InChI=1S/C22H33N3O6/c1-6-14(2)18(25-21(29)31-22(3,4)5)20(28)24-16(19(23)27)12-17(26)30-13-15-10-8-7-9-11-15/h7-11,14,16,18H,6,12-13H2,1-5H3,(H2,23,27)(H,24,28)(H,25,29)/t14-,16+,18-/m0/s1. The van der Waals surface area contributed by atoms with Gasteiger partial charge in [-0.05, 0) is 32.3 Å². The molecule has 0 aliphatic rings. The Hall–Kier alpha value is -3.10. The van der Waals surface area contributed by atoms with Crippen LogP contribution < -0.4 is 16.4 Å². The van der Waals surface area contributed by atoms with Crippen molar-refractivity contribution < 1.29 is 28.7 Å². The van der Waals surface area contributed by atoms with Crippen molar-refractivity contribution in [2.75, 3.05) is 0 Å². The minimum absolute atomic E-state index is 0.0365. The Morgan fingerprint density at radius 3 is 2.19 bits per heavy atom. The molecule has 0 saturated carbocycles. The first-order valence-corrected chi connectivity index (χ1v) is 10.2. The number of alkyl carbamates (subject to hydrolysis) is 1. The highest BCUT2D eigenvalue weighted by atomic mass is 16.6. The number of nitrogens with two attached hydrogens (primary N) is 1. The lowest BCUT2D eigenvalue weighted by molar-refractivity contribution is -0.147. The van der Waals surface area contributed by atoms with E-state index in [0.717, 1.165) is 5.56 Å². The number of hydrogen-bond acceptors (Lipinski definition) is 6. The fourth-order valence-electron chi connectivity index (χ4n) is 2.58. The lowest BCUT2D eigenvalue weighted by Gasteiger charge is -2.27. The number of ether oxygens (including phenoxy) is 2. The highest BCUT2D eigenvalue weighted by Gasteiger charge is 2.31. The number of nitrogens with one attached hydrogen (secondary N) is 2. The van der Waals surface area contributed by atoms with Crippen molar-refractivity contribution >= 4 is 23.9 Å². The molecule has 1 aromatic carbocycles. The van der Waals surface area contributed by atoms with Gasteiger partial charge in [0.2, 0.25) is 11.8 Å². The summed E-state index contributed by atoms with van der Waals surface area (Å²) in [7, 11) is 0. The van der Waals surface area contributed by atoms with Gasteiger partial charge < -0.3 is 25.8 Å². The predicted octanol–water partition coefficient (Wildman–Crippen LogP) is 2.03. The summed E-state index contributed by atoms with van der Waals surface area (Å²) in [5.74, 6) is -2.47. The SMILES string of the molecule is CC[C@H](C)[C@H](NC(=O)OC(C)(C)C)C(=O)N[C@H](CC(=O)OCc1ccccc1)C(N)=O. The van der Waals surface area contributed by atoms with Gasteiger partial charge >= 0.3 is 12.1 Å². The minimum atomic E-state index is -1.28. The summed E-state index contributed by atoms with van der Waals surface area (Å²) in [4.78, 5) is 48.9. The average molecular weight is 436 g/mol. The molecule has 0 spiro atoms. The number of carbonyl (C=O) groups excluding carboxylic acids is 4. The summed E-state index contributed by atoms with van der Waals surface area (Å²) in [6.45, 7) is 8.78. The molecule has 9 heteroatoms. The fourth-order valence-corrected chi connectivity index (χ4v) is 2.58. The van der Waals surface area contributed by atoms with Crippen LogP contribution in [0.3, 0.4) is 0 Å². The van der Waals surface area contributed by atoms with E-state index in [2.05, 4.69) is 10.6 Å². The van der Waals surface area contributed by atoms with Gasteiger partial charge in [0.25, 0.3) is 0 Å². The van der Waals surface area contributed by atoms with E-state index in [4.69, 9.17) is 15.2 Å². The van der Waals surface area contributed by atoms with E-state index in [1.807, 2.05) is 25.1 Å². The lowest BCUT2D eigenvalue weighted by atomic mass is 9.98. The number of primary amides is 1. The second kappa shape index (κ2) is 11.9. The van der Waals surface area contributed by atoms with Crippen LogP contribution in [0.1, 0.15) is 53.0 Å². The molecule has 0 aliphatic carbocycles. The first kappa shape index (κ1) is 25.9. The quantitative estimate of drug-likeness (QED) is 0.481. The molecule has 0 aromatic heterocycles. The molecule has 1 rings (SSSR count). The van der Waals surface area contributed by atoms with Gasteiger partial charge in [0, 0.05) is 0 Å². The molecule has 0 aliphatic heterocycles. The monoisotopic (exact) mass is 435 g/mol. The smallest absolute Gasteiger partial charge is 0.408 e. The maximum absolute atomic E-state index is 12.8. The van der Waals surface area contributed by atoms with Gasteiger partial charge in [-0.15, -0.1) is 0 Å². The molecule has 0 heterocycles. The normalized spacial score (nSPS) is 14.0. The van der Waals surface area contributed by atoms with Gasteiger partial charge in [-0.3, -0.25) is 14.4 Å². The van der Waals surface area contributed by atoms with Crippen LogP contribution in [0.2, 0.25) is 0 Å². The van der Waals surface area contributed by atoms with E-state index in [1.165, 1.54) is 0 Å². The highest BCUT2D eigenvalue weighted by molar-refractivity contribution is 5.93. The predicted molar refractivity (Wildman–Crippen MR) is 115 cm³/mol. The lowest BCUT2D eigenvalue weighted by Crippen LogP contribution is -2.56. The molecule has 0 unspecified atom stereocenters. The van der Waals surface area contributed by atoms with Crippen molar-refractivity contribution in [1.82, 2.24) is 10.6 Å². The Morgan fingerprint density at radius 2 is 1.68 bits per heavy atom. The molecule has 0 fully saturated rings. The zero-order valence-corrected chi connectivity index (χ0v) is 18.8. The Labute approximate surface area is 183 Å². The Bertz CT molecular complexity index is 760. The van der Waals surface area contributed by atoms with Gasteiger partial charge in [0.1, 0.15) is 24.3 Å². The van der Waals surface area contributed by atoms with E-state index >= 15 is 0 Å². The van der Waals surface area contributed by atoms with E-state index in [9.17, 15) is 19.2 Å². The number of benzene rings is 1. The van der Waals surface area contributed by atoms with Crippen LogP contribution in [0, 0.1) is 5.92 Å². The molecule has 9 nitrogen and oxygen atoms in total. The maximum Gasteiger partial charge on any atom is 0.408 e. The summed E-state index contributed by atoms with van der Waals surface area (Å²) in [6, 6.07) is 6.79. The van der Waals surface area contributed by atoms with E-state index in [1.54, 1.807) is 39.8 Å². The van der Waals surface area contributed by atoms with Crippen molar-refractivity contribution in [1.29, 1.82) is 0 Å². The molecular weight excluding hydrogens is 402 g/mol. The van der Waals surface area contributed by atoms with Gasteiger partial charge in [0.15, 0.2) is 0 Å². The zero-order valence-electron chi connectivity index (χ0n) is 18.8. The third kappa shape index (κ3) is 9.97. The average Bonchev–Trinajstić information content (AvgIpc) is 2.68. The van der Waals surface area contributed by atoms with Crippen molar-refractivity contribution in [2.24, 2.45) is 11.7 Å². The summed E-state index contributed by atoms with van der Waals surface area (Å²) in [5.41, 5.74) is 5.41. The zero-order chi connectivity index (χ0) is 23.6. The van der Waals surface area contributed by atoms with Gasteiger partial charge in [0.05, 0.1) is 6.42 Å². The van der Waals surface area contributed by atoms with E-state index < -0.39 is 48.0 Å². The van der Waals surface area contributed by atoms with E-state index in [0.29, 0.717) is 6.42 Å². The number of amides is 3. The summed E-state index contributed by atoms with van der Waals surface area (Å²) >= 11 is 0. The third-order valence-electron chi connectivity index (χ3n) is 4.44. The van der Waals surface area contributed by atoms with Gasteiger partial charge in [-0.1, -0.05) is 50.6 Å².